The summed E-state index contributed by atoms with van der Waals surface area (Å²) >= 11 is 2.71. The summed E-state index contributed by atoms with van der Waals surface area (Å²) in [6.45, 7) is 8.56. The SMILES string of the molecule is CCn1c(SCC(=O)Nc2nc(C)cs2)nnc1[C@H](NC(=O)c1ccccc1)C(C)C. The molecule has 164 valence electrons. The lowest BCUT2D eigenvalue weighted by molar-refractivity contribution is -0.113. The van der Waals surface area contributed by atoms with Gasteiger partial charge >= 0.3 is 0 Å². The predicted molar refractivity (Wildman–Crippen MR) is 123 cm³/mol. The van der Waals surface area contributed by atoms with Crippen molar-refractivity contribution in [2.45, 2.75) is 45.4 Å². The molecule has 3 aromatic rings. The van der Waals surface area contributed by atoms with Gasteiger partial charge in [-0.1, -0.05) is 43.8 Å². The number of hydrogen-bond acceptors (Lipinski definition) is 7. The maximum absolute atomic E-state index is 12.7. The van der Waals surface area contributed by atoms with Crippen LogP contribution in [0.15, 0.2) is 40.9 Å². The van der Waals surface area contributed by atoms with E-state index >= 15 is 0 Å². The van der Waals surface area contributed by atoms with Crippen LogP contribution < -0.4 is 10.6 Å². The molecule has 0 bridgehead atoms. The van der Waals surface area contributed by atoms with Gasteiger partial charge in [0.1, 0.15) is 0 Å². The van der Waals surface area contributed by atoms with E-state index < -0.39 is 0 Å². The van der Waals surface area contributed by atoms with Gasteiger partial charge in [0.2, 0.25) is 5.91 Å². The molecule has 2 N–H and O–H groups in total. The van der Waals surface area contributed by atoms with E-state index in [2.05, 4.69) is 25.8 Å². The average molecular weight is 459 g/mol. The third kappa shape index (κ3) is 5.92. The van der Waals surface area contributed by atoms with Crippen molar-refractivity contribution in [3.05, 3.63) is 52.8 Å². The molecule has 10 heteroatoms. The first kappa shape index (κ1) is 23.0. The maximum Gasteiger partial charge on any atom is 0.251 e. The summed E-state index contributed by atoms with van der Waals surface area (Å²) in [6, 6.07) is 8.80. The summed E-state index contributed by atoms with van der Waals surface area (Å²) in [5.41, 5.74) is 1.47. The molecule has 2 amide bonds. The van der Waals surface area contributed by atoms with Crippen molar-refractivity contribution in [2.24, 2.45) is 5.92 Å². The van der Waals surface area contributed by atoms with Gasteiger partial charge in [-0.05, 0) is 31.9 Å². The summed E-state index contributed by atoms with van der Waals surface area (Å²) in [5.74, 6) is 0.678. The lowest BCUT2D eigenvalue weighted by Gasteiger charge is -2.22. The number of hydrogen-bond donors (Lipinski definition) is 2. The smallest absolute Gasteiger partial charge is 0.251 e. The molecular formula is C21H26N6O2S2. The molecule has 2 aromatic heterocycles. The summed E-state index contributed by atoms with van der Waals surface area (Å²) < 4.78 is 1.95. The fourth-order valence-electron chi connectivity index (χ4n) is 2.97. The quantitative estimate of drug-likeness (QED) is 0.471. The van der Waals surface area contributed by atoms with Gasteiger partial charge in [-0.2, -0.15) is 0 Å². The van der Waals surface area contributed by atoms with E-state index in [0.717, 1.165) is 5.69 Å². The number of aromatic nitrogens is 4. The second kappa shape index (κ2) is 10.5. The monoisotopic (exact) mass is 458 g/mol. The minimum absolute atomic E-state index is 0.108. The van der Waals surface area contributed by atoms with Crippen molar-refractivity contribution in [3.63, 3.8) is 0 Å². The summed E-state index contributed by atoms with van der Waals surface area (Å²) in [5, 5.41) is 17.6. The highest BCUT2D eigenvalue weighted by atomic mass is 32.2. The highest BCUT2D eigenvalue weighted by Gasteiger charge is 2.26. The molecule has 31 heavy (non-hydrogen) atoms. The zero-order valence-electron chi connectivity index (χ0n) is 18.0. The highest BCUT2D eigenvalue weighted by molar-refractivity contribution is 7.99. The molecule has 0 fully saturated rings. The van der Waals surface area contributed by atoms with Crippen molar-refractivity contribution < 1.29 is 9.59 Å². The van der Waals surface area contributed by atoms with Gasteiger partial charge in [0.25, 0.3) is 5.91 Å². The molecule has 0 saturated carbocycles. The molecule has 2 heterocycles. The van der Waals surface area contributed by atoms with Crippen molar-refractivity contribution in [3.8, 4) is 0 Å². The minimum atomic E-state index is -0.304. The molecule has 0 aliphatic rings. The fraction of sp³-hybridized carbons (Fsp3) is 0.381. The predicted octanol–water partition coefficient (Wildman–Crippen LogP) is 3.92. The van der Waals surface area contributed by atoms with Crippen LogP contribution in [0.5, 0.6) is 0 Å². The number of amides is 2. The van der Waals surface area contributed by atoms with Gasteiger partial charge in [0.05, 0.1) is 17.5 Å². The topological polar surface area (TPSA) is 102 Å². The number of nitrogens with zero attached hydrogens (tertiary/aromatic N) is 4. The van der Waals surface area contributed by atoms with E-state index in [9.17, 15) is 9.59 Å². The molecule has 0 radical (unpaired) electrons. The van der Waals surface area contributed by atoms with E-state index in [1.165, 1.54) is 23.1 Å². The number of benzene rings is 1. The van der Waals surface area contributed by atoms with E-state index in [0.29, 0.717) is 28.2 Å². The minimum Gasteiger partial charge on any atom is -0.342 e. The lowest BCUT2D eigenvalue weighted by atomic mass is 10.0. The zero-order chi connectivity index (χ0) is 22.4. The molecule has 1 atom stereocenters. The molecule has 0 saturated heterocycles. The number of carbonyl (C=O) groups excluding carboxylic acids is 2. The fourth-order valence-corrected chi connectivity index (χ4v) is 4.49. The first-order chi connectivity index (χ1) is 14.9. The number of anilines is 1. The lowest BCUT2D eigenvalue weighted by Crippen LogP contribution is -2.33. The van der Waals surface area contributed by atoms with E-state index in [4.69, 9.17) is 0 Å². The Bertz CT molecular complexity index is 1030. The van der Waals surface area contributed by atoms with Gasteiger partial charge in [0, 0.05) is 17.5 Å². The normalized spacial score (nSPS) is 12.0. The van der Waals surface area contributed by atoms with Gasteiger partial charge < -0.3 is 15.2 Å². The van der Waals surface area contributed by atoms with Crippen LogP contribution in [-0.2, 0) is 11.3 Å². The van der Waals surface area contributed by atoms with Crippen molar-refractivity contribution in [1.82, 2.24) is 25.1 Å². The van der Waals surface area contributed by atoms with Crippen LogP contribution in [0.1, 0.15) is 48.7 Å². The third-order valence-corrected chi connectivity index (χ3v) is 6.37. The Hall–Kier alpha value is -2.72. The number of rotatable bonds is 9. The first-order valence-corrected chi connectivity index (χ1v) is 11.9. The van der Waals surface area contributed by atoms with Gasteiger partial charge in [0.15, 0.2) is 16.1 Å². The van der Waals surface area contributed by atoms with Gasteiger partial charge in [-0.15, -0.1) is 21.5 Å². The number of carbonyl (C=O) groups is 2. The van der Waals surface area contributed by atoms with Crippen LogP contribution in [0.25, 0.3) is 0 Å². The van der Waals surface area contributed by atoms with Gasteiger partial charge in [-0.25, -0.2) is 4.98 Å². The number of thioether (sulfide) groups is 1. The van der Waals surface area contributed by atoms with Crippen LogP contribution in [-0.4, -0.2) is 37.3 Å². The Morgan fingerprint density at radius 3 is 2.55 bits per heavy atom. The largest absolute Gasteiger partial charge is 0.342 e. The number of aryl methyl sites for hydroxylation is 1. The van der Waals surface area contributed by atoms with Crippen molar-refractivity contribution in [1.29, 1.82) is 0 Å². The van der Waals surface area contributed by atoms with Gasteiger partial charge in [-0.3, -0.25) is 9.59 Å². The second-order valence-electron chi connectivity index (χ2n) is 7.28. The highest BCUT2D eigenvalue weighted by Crippen LogP contribution is 2.26. The van der Waals surface area contributed by atoms with Crippen molar-refractivity contribution in [2.75, 3.05) is 11.1 Å². The maximum atomic E-state index is 12.7. The molecular weight excluding hydrogens is 432 g/mol. The van der Waals surface area contributed by atoms with Crippen molar-refractivity contribution >= 4 is 40.0 Å². The zero-order valence-corrected chi connectivity index (χ0v) is 19.6. The van der Waals surface area contributed by atoms with E-state index in [-0.39, 0.29) is 29.5 Å². The van der Waals surface area contributed by atoms with E-state index in [1.807, 2.05) is 55.8 Å². The number of thiazole rings is 1. The first-order valence-electron chi connectivity index (χ1n) is 10.0. The molecule has 0 spiro atoms. The molecule has 0 aliphatic carbocycles. The molecule has 1 aromatic carbocycles. The Labute approximate surface area is 189 Å². The Kier molecular flexibility index (Phi) is 7.80. The second-order valence-corrected chi connectivity index (χ2v) is 9.08. The van der Waals surface area contributed by atoms with Crippen LogP contribution in [0.2, 0.25) is 0 Å². The van der Waals surface area contributed by atoms with E-state index in [1.54, 1.807) is 12.1 Å². The Morgan fingerprint density at radius 1 is 1.19 bits per heavy atom. The molecule has 3 rings (SSSR count). The summed E-state index contributed by atoms with van der Waals surface area (Å²) in [6.07, 6.45) is 0. The van der Waals surface area contributed by atoms with Crippen LogP contribution in [0, 0.1) is 12.8 Å². The summed E-state index contributed by atoms with van der Waals surface area (Å²) in [4.78, 5) is 29.2. The van der Waals surface area contributed by atoms with Crippen LogP contribution >= 0.6 is 23.1 Å². The average Bonchev–Trinajstić information content (AvgIpc) is 3.35. The Balaban J connectivity index is 1.70. The van der Waals surface area contributed by atoms with Crippen LogP contribution in [0.3, 0.4) is 0 Å². The Morgan fingerprint density at radius 2 is 1.94 bits per heavy atom. The molecule has 0 aliphatic heterocycles. The molecule has 8 nitrogen and oxygen atoms in total. The van der Waals surface area contributed by atoms with Crippen LogP contribution in [0.4, 0.5) is 5.13 Å². The molecule has 0 unspecified atom stereocenters. The standard InChI is InChI=1S/C21H26N6O2S2/c1-5-27-18(17(13(2)3)24-19(29)15-9-7-6-8-10-15)25-26-21(27)31-12-16(28)23-20-22-14(4)11-30-20/h6-11,13,17H,5,12H2,1-4H3,(H,24,29)(H,22,23,28)/t17-/m1/s1. The summed E-state index contributed by atoms with van der Waals surface area (Å²) in [7, 11) is 0. The number of nitrogens with one attached hydrogen (secondary N) is 2. The third-order valence-electron chi connectivity index (χ3n) is 4.53.